The van der Waals surface area contributed by atoms with Crippen LogP contribution < -0.4 is 10.1 Å². The van der Waals surface area contributed by atoms with E-state index in [4.69, 9.17) is 11.6 Å². The zero-order valence-corrected chi connectivity index (χ0v) is 12.3. The van der Waals surface area contributed by atoms with Gasteiger partial charge >= 0.3 is 6.36 Å². The number of alkyl halides is 3. The third kappa shape index (κ3) is 3.44. The molecule has 1 heterocycles. The first-order valence-corrected chi connectivity index (χ1v) is 7.50. The number of benzene rings is 1. The molecule has 1 aromatic carbocycles. The summed E-state index contributed by atoms with van der Waals surface area (Å²) < 4.78 is 41.3. The van der Waals surface area contributed by atoms with Gasteiger partial charge < -0.3 is 10.1 Å². The predicted molar refractivity (Wildman–Crippen MR) is 77.1 cm³/mol. The lowest BCUT2D eigenvalue weighted by atomic mass is 10.1. The summed E-state index contributed by atoms with van der Waals surface area (Å²) in [6.45, 7) is 0. The van der Waals surface area contributed by atoms with Crippen molar-refractivity contribution in [2.75, 3.05) is 5.32 Å². The molecule has 0 aliphatic heterocycles. The molecule has 0 saturated carbocycles. The number of aryl methyl sites for hydroxylation is 1. The summed E-state index contributed by atoms with van der Waals surface area (Å²) in [4.78, 5) is 1.24. The van der Waals surface area contributed by atoms with Crippen LogP contribution in [0.2, 0.25) is 4.34 Å². The predicted octanol–water partition coefficient (Wildman–Crippen LogP) is 5.40. The van der Waals surface area contributed by atoms with Gasteiger partial charge in [0.25, 0.3) is 0 Å². The number of hydrogen-bond donors (Lipinski definition) is 1. The van der Waals surface area contributed by atoms with Crippen LogP contribution in [0.15, 0.2) is 30.3 Å². The van der Waals surface area contributed by atoms with E-state index in [1.165, 1.54) is 23.1 Å². The molecule has 0 bridgehead atoms. The minimum absolute atomic E-state index is 0.0740. The molecule has 1 unspecified atom stereocenters. The van der Waals surface area contributed by atoms with Gasteiger partial charge in [0.15, 0.2) is 0 Å². The first kappa shape index (κ1) is 14.5. The molecule has 0 amide bonds. The van der Waals surface area contributed by atoms with Crippen molar-refractivity contribution in [1.82, 2.24) is 0 Å². The maximum atomic E-state index is 12.2. The smallest absolute Gasteiger partial charge is 0.406 e. The van der Waals surface area contributed by atoms with Crippen LogP contribution in [0.3, 0.4) is 0 Å². The number of fused-ring (bicyclic) bond motifs is 1. The zero-order valence-electron chi connectivity index (χ0n) is 10.7. The molecular weight excluding hydrogens is 323 g/mol. The zero-order chi connectivity index (χ0) is 15.0. The van der Waals surface area contributed by atoms with Crippen molar-refractivity contribution >= 4 is 28.6 Å². The average molecular weight is 334 g/mol. The second-order valence-corrected chi connectivity index (χ2v) is 6.51. The first-order chi connectivity index (χ1) is 9.90. The minimum atomic E-state index is -4.68. The van der Waals surface area contributed by atoms with Crippen molar-refractivity contribution in [1.29, 1.82) is 0 Å². The fraction of sp³-hybridized carbons (Fsp3) is 0.286. The van der Waals surface area contributed by atoms with Crippen LogP contribution in [0.1, 0.15) is 22.9 Å². The van der Waals surface area contributed by atoms with E-state index >= 15 is 0 Å². The topological polar surface area (TPSA) is 21.3 Å². The summed E-state index contributed by atoms with van der Waals surface area (Å²) in [5.41, 5.74) is 1.73. The number of halogens is 4. The number of ether oxygens (including phenoxy) is 1. The number of thiophene rings is 1. The summed E-state index contributed by atoms with van der Waals surface area (Å²) in [6, 6.07) is 7.86. The van der Waals surface area contributed by atoms with E-state index in [2.05, 4.69) is 10.1 Å². The molecule has 1 atom stereocenters. The van der Waals surface area contributed by atoms with Gasteiger partial charge in [-0.3, -0.25) is 0 Å². The largest absolute Gasteiger partial charge is 0.573 e. The molecule has 0 spiro atoms. The molecule has 2 nitrogen and oxygen atoms in total. The summed E-state index contributed by atoms with van der Waals surface area (Å²) in [7, 11) is 0. The molecule has 0 radical (unpaired) electrons. The minimum Gasteiger partial charge on any atom is -0.406 e. The van der Waals surface area contributed by atoms with E-state index in [1.807, 2.05) is 6.07 Å². The molecule has 112 valence electrons. The van der Waals surface area contributed by atoms with Crippen molar-refractivity contribution in [2.45, 2.75) is 25.2 Å². The van der Waals surface area contributed by atoms with Crippen LogP contribution in [0.4, 0.5) is 18.9 Å². The van der Waals surface area contributed by atoms with Crippen LogP contribution in [-0.2, 0) is 6.42 Å². The van der Waals surface area contributed by atoms with Gasteiger partial charge in [-0.1, -0.05) is 17.7 Å². The summed E-state index contributed by atoms with van der Waals surface area (Å²) in [6.07, 6.45) is -2.84. The van der Waals surface area contributed by atoms with Gasteiger partial charge in [0.2, 0.25) is 0 Å². The number of rotatable bonds is 3. The van der Waals surface area contributed by atoms with Crippen LogP contribution in [0.5, 0.6) is 5.75 Å². The standard InChI is InChI=1S/C14H11ClF3NOS/c15-13-7-10-11(4-5-12(10)21-13)19-8-2-1-3-9(6-8)20-14(16,17)18/h1-3,6-7,11,19H,4-5H2. The maximum absolute atomic E-state index is 12.2. The van der Waals surface area contributed by atoms with Gasteiger partial charge in [-0.2, -0.15) is 0 Å². The van der Waals surface area contributed by atoms with Crippen molar-refractivity contribution in [3.8, 4) is 5.75 Å². The fourth-order valence-electron chi connectivity index (χ4n) is 2.46. The van der Waals surface area contributed by atoms with Crippen molar-refractivity contribution in [3.63, 3.8) is 0 Å². The number of hydrogen-bond acceptors (Lipinski definition) is 3. The monoisotopic (exact) mass is 333 g/mol. The Bertz CT molecular complexity index is 656. The Morgan fingerprint density at radius 3 is 2.86 bits per heavy atom. The third-order valence-corrected chi connectivity index (χ3v) is 4.60. The molecule has 0 saturated heterocycles. The Hall–Kier alpha value is -1.40. The second-order valence-electron chi connectivity index (χ2n) is 4.74. The van der Waals surface area contributed by atoms with E-state index in [1.54, 1.807) is 17.4 Å². The van der Waals surface area contributed by atoms with Gasteiger partial charge in [0.1, 0.15) is 5.75 Å². The van der Waals surface area contributed by atoms with Crippen LogP contribution in [0.25, 0.3) is 0 Å². The lowest BCUT2D eigenvalue weighted by Crippen LogP contribution is -2.17. The summed E-state index contributed by atoms with van der Waals surface area (Å²) >= 11 is 7.54. The lowest BCUT2D eigenvalue weighted by molar-refractivity contribution is -0.274. The Kier molecular flexibility index (Phi) is 3.75. The molecule has 1 N–H and O–H groups in total. The van der Waals surface area contributed by atoms with Crippen LogP contribution >= 0.6 is 22.9 Å². The molecule has 3 rings (SSSR count). The van der Waals surface area contributed by atoms with E-state index in [0.29, 0.717) is 5.69 Å². The average Bonchev–Trinajstić information content (AvgIpc) is 2.88. The quantitative estimate of drug-likeness (QED) is 0.812. The van der Waals surface area contributed by atoms with Gasteiger partial charge in [-0.25, -0.2) is 0 Å². The highest BCUT2D eigenvalue weighted by atomic mass is 35.5. The van der Waals surface area contributed by atoms with Crippen molar-refractivity contribution < 1.29 is 17.9 Å². The SMILES string of the molecule is FC(F)(F)Oc1cccc(NC2CCc3sc(Cl)cc32)c1. The van der Waals surface area contributed by atoms with Gasteiger partial charge in [-0.15, -0.1) is 24.5 Å². The summed E-state index contributed by atoms with van der Waals surface area (Å²) in [5, 5.41) is 3.24. The van der Waals surface area contributed by atoms with Gasteiger partial charge in [0.05, 0.1) is 10.4 Å². The Morgan fingerprint density at radius 1 is 1.29 bits per heavy atom. The first-order valence-electron chi connectivity index (χ1n) is 6.31. The van der Waals surface area contributed by atoms with Crippen LogP contribution in [0, 0.1) is 0 Å². The molecule has 0 fully saturated rings. The molecule has 1 aliphatic carbocycles. The number of anilines is 1. The van der Waals surface area contributed by atoms with Crippen molar-refractivity contribution in [3.05, 3.63) is 45.1 Å². The van der Waals surface area contributed by atoms with Gasteiger partial charge in [0, 0.05) is 16.6 Å². The second kappa shape index (κ2) is 5.42. The highest BCUT2D eigenvalue weighted by Gasteiger charge is 2.31. The Morgan fingerprint density at radius 2 is 2.10 bits per heavy atom. The van der Waals surface area contributed by atoms with E-state index in [9.17, 15) is 13.2 Å². The molecular formula is C14H11ClF3NOS. The lowest BCUT2D eigenvalue weighted by Gasteiger charge is -2.16. The fourth-order valence-corrected chi connectivity index (χ4v) is 3.82. The Balaban J connectivity index is 1.75. The molecule has 2 aromatic rings. The Labute approximate surface area is 128 Å². The normalized spacial score (nSPS) is 17.6. The van der Waals surface area contributed by atoms with Gasteiger partial charge in [-0.05, 0) is 36.6 Å². The maximum Gasteiger partial charge on any atom is 0.573 e. The molecule has 1 aliphatic rings. The number of nitrogens with one attached hydrogen (secondary N) is 1. The van der Waals surface area contributed by atoms with E-state index in [0.717, 1.165) is 22.7 Å². The highest BCUT2D eigenvalue weighted by molar-refractivity contribution is 7.16. The molecule has 7 heteroatoms. The van der Waals surface area contributed by atoms with E-state index in [-0.39, 0.29) is 11.8 Å². The third-order valence-electron chi connectivity index (χ3n) is 3.26. The van der Waals surface area contributed by atoms with Crippen LogP contribution in [-0.4, -0.2) is 6.36 Å². The highest BCUT2D eigenvalue weighted by Crippen LogP contribution is 2.41. The molecule has 1 aromatic heterocycles. The van der Waals surface area contributed by atoms with Crippen molar-refractivity contribution in [2.24, 2.45) is 0 Å². The molecule has 21 heavy (non-hydrogen) atoms. The van der Waals surface area contributed by atoms with E-state index < -0.39 is 6.36 Å². The summed E-state index contributed by atoms with van der Waals surface area (Å²) in [5.74, 6) is -0.228.